The van der Waals surface area contributed by atoms with Crippen molar-refractivity contribution in [2.24, 2.45) is 11.7 Å². The summed E-state index contributed by atoms with van der Waals surface area (Å²) in [4.78, 5) is 2.73. The molecule has 0 aromatic heterocycles. The highest BCUT2D eigenvalue weighted by molar-refractivity contribution is 4.93. The molecule has 2 aliphatic rings. The molecule has 2 nitrogen and oxygen atoms in total. The van der Waals surface area contributed by atoms with Crippen molar-refractivity contribution in [3.8, 4) is 0 Å². The molecule has 0 radical (unpaired) electrons. The van der Waals surface area contributed by atoms with Gasteiger partial charge in [0.1, 0.15) is 0 Å². The van der Waals surface area contributed by atoms with Crippen LogP contribution in [0, 0.1) is 5.92 Å². The van der Waals surface area contributed by atoms with Crippen molar-refractivity contribution in [2.45, 2.75) is 70.5 Å². The van der Waals surface area contributed by atoms with Gasteiger partial charge in [-0.2, -0.15) is 0 Å². The zero-order valence-electron chi connectivity index (χ0n) is 10.3. The molecule has 88 valence electrons. The summed E-state index contributed by atoms with van der Waals surface area (Å²) in [5, 5.41) is 0. The standard InChI is InChI=1S/C13H26N2/c1-10(2)12-8-5-9-15(12)13-7-4-3-6-11(13)14/h10-13H,3-9,14H2,1-2H3. The maximum absolute atomic E-state index is 6.28. The smallest absolute Gasteiger partial charge is 0.0250 e. The Labute approximate surface area is 94.2 Å². The monoisotopic (exact) mass is 210 g/mol. The molecule has 0 bridgehead atoms. The van der Waals surface area contributed by atoms with E-state index in [4.69, 9.17) is 5.73 Å². The largest absolute Gasteiger partial charge is 0.326 e. The van der Waals surface area contributed by atoms with Gasteiger partial charge in [0.25, 0.3) is 0 Å². The molecule has 15 heavy (non-hydrogen) atoms. The summed E-state index contributed by atoms with van der Waals surface area (Å²) in [7, 11) is 0. The second-order valence-corrected chi connectivity index (χ2v) is 5.71. The minimum absolute atomic E-state index is 0.443. The van der Waals surface area contributed by atoms with E-state index >= 15 is 0 Å². The van der Waals surface area contributed by atoms with Gasteiger partial charge in [0.05, 0.1) is 0 Å². The van der Waals surface area contributed by atoms with Crippen molar-refractivity contribution in [1.82, 2.24) is 4.90 Å². The molecule has 2 heteroatoms. The zero-order chi connectivity index (χ0) is 10.8. The Morgan fingerprint density at radius 2 is 1.80 bits per heavy atom. The molecule has 2 fully saturated rings. The number of hydrogen-bond acceptors (Lipinski definition) is 2. The molecule has 0 aromatic carbocycles. The number of nitrogens with zero attached hydrogens (tertiary/aromatic N) is 1. The van der Waals surface area contributed by atoms with Crippen molar-refractivity contribution in [3.05, 3.63) is 0 Å². The minimum atomic E-state index is 0.443. The second kappa shape index (κ2) is 4.84. The van der Waals surface area contributed by atoms with Gasteiger partial charge in [0.15, 0.2) is 0 Å². The maximum Gasteiger partial charge on any atom is 0.0250 e. The van der Waals surface area contributed by atoms with E-state index < -0.39 is 0 Å². The lowest BCUT2D eigenvalue weighted by Crippen LogP contribution is -2.52. The van der Waals surface area contributed by atoms with Gasteiger partial charge in [0, 0.05) is 18.1 Å². The van der Waals surface area contributed by atoms with E-state index in [1.807, 2.05) is 0 Å². The minimum Gasteiger partial charge on any atom is -0.326 e. The fraction of sp³-hybridized carbons (Fsp3) is 1.00. The van der Waals surface area contributed by atoms with Gasteiger partial charge in [-0.05, 0) is 38.1 Å². The van der Waals surface area contributed by atoms with Crippen LogP contribution in [0.4, 0.5) is 0 Å². The quantitative estimate of drug-likeness (QED) is 0.758. The Kier molecular flexibility index (Phi) is 3.68. The highest BCUT2D eigenvalue weighted by atomic mass is 15.2. The molecule has 2 N–H and O–H groups in total. The summed E-state index contributed by atoms with van der Waals surface area (Å²) in [6.07, 6.45) is 8.08. The Balaban J connectivity index is 2.01. The van der Waals surface area contributed by atoms with Crippen LogP contribution in [0.25, 0.3) is 0 Å². The van der Waals surface area contributed by atoms with Crippen molar-refractivity contribution >= 4 is 0 Å². The zero-order valence-corrected chi connectivity index (χ0v) is 10.3. The molecule has 3 unspecified atom stereocenters. The summed E-state index contributed by atoms with van der Waals surface area (Å²) in [5.41, 5.74) is 6.28. The summed E-state index contributed by atoms with van der Waals surface area (Å²) in [5.74, 6) is 0.793. The van der Waals surface area contributed by atoms with Crippen LogP contribution in [0.5, 0.6) is 0 Å². The maximum atomic E-state index is 6.28. The summed E-state index contributed by atoms with van der Waals surface area (Å²) in [6.45, 7) is 6.01. The van der Waals surface area contributed by atoms with Gasteiger partial charge in [0.2, 0.25) is 0 Å². The molecule has 2 rings (SSSR count). The highest BCUT2D eigenvalue weighted by Gasteiger charge is 2.35. The van der Waals surface area contributed by atoms with Gasteiger partial charge in [-0.25, -0.2) is 0 Å². The predicted octanol–water partition coefficient (Wildman–Crippen LogP) is 2.38. The molecule has 3 atom stereocenters. The van der Waals surface area contributed by atoms with Gasteiger partial charge < -0.3 is 5.73 Å². The van der Waals surface area contributed by atoms with E-state index in [0.29, 0.717) is 12.1 Å². The third kappa shape index (κ3) is 2.36. The SMILES string of the molecule is CC(C)C1CCCN1C1CCCCC1N. The first-order valence-electron chi connectivity index (χ1n) is 6.71. The number of hydrogen-bond donors (Lipinski definition) is 1. The molecular weight excluding hydrogens is 184 g/mol. The van der Waals surface area contributed by atoms with Crippen molar-refractivity contribution < 1.29 is 0 Å². The van der Waals surface area contributed by atoms with Crippen molar-refractivity contribution in [2.75, 3.05) is 6.54 Å². The lowest BCUT2D eigenvalue weighted by Gasteiger charge is -2.40. The predicted molar refractivity (Wildman–Crippen MR) is 64.8 cm³/mol. The molecule has 1 heterocycles. The normalized spacial score (nSPS) is 38.8. The highest BCUT2D eigenvalue weighted by Crippen LogP contribution is 2.31. The van der Waals surface area contributed by atoms with Crippen molar-refractivity contribution in [1.29, 1.82) is 0 Å². The summed E-state index contributed by atoms with van der Waals surface area (Å²) in [6, 6.07) is 1.94. The first-order chi connectivity index (χ1) is 7.20. The van der Waals surface area contributed by atoms with Crippen LogP contribution in [0.3, 0.4) is 0 Å². The first-order valence-corrected chi connectivity index (χ1v) is 6.71. The number of nitrogens with two attached hydrogens (primary N) is 1. The van der Waals surface area contributed by atoms with Gasteiger partial charge in [-0.3, -0.25) is 4.90 Å². The fourth-order valence-corrected chi connectivity index (χ4v) is 3.49. The second-order valence-electron chi connectivity index (χ2n) is 5.71. The van der Waals surface area contributed by atoms with E-state index in [0.717, 1.165) is 12.0 Å². The van der Waals surface area contributed by atoms with E-state index in [1.165, 1.54) is 45.1 Å². The van der Waals surface area contributed by atoms with E-state index in [1.54, 1.807) is 0 Å². The Hall–Kier alpha value is -0.0800. The Bertz CT molecular complexity index is 203. The first kappa shape index (κ1) is 11.4. The Morgan fingerprint density at radius 1 is 1.07 bits per heavy atom. The van der Waals surface area contributed by atoms with Gasteiger partial charge >= 0.3 is 0 Å². The molecule has 0 amide bonds. The third-order valence-electron chi connectivity index (χ3n) is 4.32. The summed E-state index contributed by atoms with van der Waals surface area (Å²) < 4.78 is 0. The lowest BCUT2D eigenvalue weighted by atomic mass is 9.88. The summed E-state index contributed by atoms with van der Waals surface area (Å²) >= 11 is 0. The van der Waals surface area contributed by atoms with Crippen LogP contribution in [0.1, 0.15) is 52.4 Å². The molecule has 1 saturated heterocycles. The van der Waals surface area contributed by atoms with Crippen LogP contribution >= 0.6 is 0 Å². The number of likely N-dealkylation sites (tertiary alicyclic amines) is 1. The van der Waals surface area contributed by atoms with Crippen LogP contribution in [-0.2, 0) is 0 Å². The van der Waals surface area contributed by atoms with Crippen molar-refractivity contribution in [3.63, 3.8) is 0 Å². The van der Waals surface area contributed by atoms with Crippen LogP contribution in [-0.4, -0.2) is 29.6 Å². The van der Waals surface area contributed by atoms with E-state index in [-0.39, 0.29) is 0 Å². The molecule has 1 aliphatic carbocycles. The molecule has 0 spiro atoms. The molecule has 1 saturated carbocycles. The molecule has 0 aromatic rings. The van der Waals surface area contributed by atoms with E-state index in [2.05, 4.69) is 18.7 Å². The Morgan fingerprint density at radius 3 is 2.47 bits per heavy atom. The lowest BCUT2D eigenvalue weighted by molar-refractivity contribution is 0.101. The van der Waals surface area contributed by atoms with Crippen LogP contribution in [0.2, 0.25) is 0 Å². The van der Waals surface area contributed by atoms with Crippen LogP contribution in [0.15, 0.2) is 0 Å². The van der Waals surface area contributed by atoms with E-state index in [9.17, 15) is 0 Å². The average Bonchev–Trinajstić information content (AvgIpc) is 2.67. The topological polar surface area (TPSA) is 29.3 Å². The van der Waals surface area contributed by atoms with Gasteiger partial charge in [-0.1, -0.05) is 26.7 Å². The fourth-order valence-electron chi connectivity index (χ4n) is 3.49. The average molecular weight is 210 g/mol. The van der Waals surface area contributed by atoms with Gasteiger partial charge in [-0.15, -0.1) is 0 Å². The number of rotatable bonds is 2. The molecular formula is C13H26N2. The van der Waals surface area contributed by atoms with Crippen LogP contribution < -0.4 is 5.73 Å². The third-order valence-corrected chi connectivity index (χ3v) is 4.32. The molecule has 1 aliphatic heterocycles.